The summed E-state index contributed by atoms with van der Waals surface area (Å²) >= 11 is 0. The monoisotopic (exact) mass is 451 g/mol. The highest BCUT2D eigenvalue weighted by molar-refractivity contribution is 5.96. The zero-order chi connectivity index (χ0) is 23.0. The molecular formula is C26H37N5O2. The number of aryl methyl sites for hydroxylation is 1. The average molecular weight is 452 g/mol. The molecule has 1 aliphatic heterocycles. The Labute approximate surface area is 196 Å². The highest BCUT2D eigenvalue weighted by atomic mass is 16.5. The highest BCUT2D eigenvalue weighted by Crippen LogP contribution is 2.30. The number of H-pyrrole nitrogens is 1. The van der Waals surface area contributed by atoms with Crippen LogP contribution < -0.4 is 5.73 Å². The minimum Gasteiger partial charge on any atom is -0.398 e. The van der Waals surface area contributed by atoms with Gasteiger partial charge in [0.05, 0.1) is 30.7 Å². The van der Waals surface area contributed by atoms with E-state index in [1.807, 2.05) is 18.5 Å². The summed E-state index contributed by atoms with van der Waals surface area (Å²) in [5, 5.41) is 9.89. The van der Waals surface area contributed by atoms with Crippen LogP contribution in [0.25, 0.3) is 22.3 Å². The molecule has 0 atom stereocenters. The van der Waals surface area contributed by atoms with Gasteiger partial charge in [0.15, 0.2) is 0 Å². The van der Waals surface area contributed by atoms with Gasteiger partial charge in [-0.1, -0.05) is 38.7 Å². The van der Waals surface area contributed by atoms with Gasteiger partial charge in [-0.25, -0.2) is 4.98 Å². The topological polar surface area (TPSA) is 100 Å². The molecule has 1 saturated heterocycles. The molecule has 7 heteroatoms. The number of morpholine rings is 1. The fraction of sp³-hybridized carbons (Fsp3) is 0.538. The molecule has 0 radical (unpaired) electrons. The van der Waals surface area contributed by atoms with Gasteiger partial charge in [-0.3, -0.25) is 9.88 Å². The molecular weight excluding hydrogens is 414 g/mol. The Morgan fingerprint density at radius 3 is 2.55 bits per heavy atom. The molecule has 178 valence electrons. The fourth-order valence-corrected chi connectivity index (χ4v) is 4.53. The van der Waals surface area contributed by atoms with Gasteiger partial charge in [0, 0.05) is 48.7 Å². The predicted octanol–water partition coefficient (Wildman–Crippen LogP) is 4.30. The maximum atomic E-state index is 8.91. The third kappa shape index (κ3) is 6.31. The van der Waals surface area contributed by atoms with Gasteiger partial charge in [0.2, 0.25) is 0 Å². The van der Waals surface area contributed by atoms with E-state index in [2.05, 4.69) is 38.9 Å². The van der Waals surface area contributed by atoms with E-state index >= 15 is 0 Å². The number of rotatable bonds is 5. The van der Waals surface area contributed by atoms with E-state index in [0.29, 0.717) is 0 Å². The Morgan fingerprint density at radius 2 is 1.91 bits per heavy atom. The quantitative estimate of drug-likeness (QED) is 0.535. The third-order valence-electron chi connectivity index (χ3n) is 6.46. The Hall–Kier alpha value is -2.48. The predicted molar refractivity (Wildman–Crippen MR) is 133 cm³/mol. The number of aromatic nitrogens is 3. The number of pyridine rings is 2. The number of hydrogen-bond donors (Lipinski definition) is 3. The van der Waals surface area contributed by atoms with Crippen LogP contribution in [0.1, 0.15) is 56.7 Å². The summed E-state index contributed by atoms with van der Waals surface area (Å²) in [6, 6.07) is 6.27. The minimum absolute atomic E-state index is 0.0359. The molecule has 3 aromatic rings. The van der Waals surface area contributed by atoms with Crippen molar-refractivity contribution in [3.05, 3.63) is 41.9 Å². The number of fused-ring (bicyclic) bond motifs is 1. The summed E-state index contributed by atoms with van der Waals surface area (Å²) in [6.45, 7) is 6.64. The number of aliphatic hydroxyl groups excluding tert-OH is 1. The van der Waals surface area contributed by atoms with Crippen LogP contribution in [-0.2, 0) is 17.7 Å². The summed E-state index contributed by atoms with van der Waals surface area (Å²) in [7, 11) is 0. The number of ether oxygens (including phenoxy) is 1. The largest absolute Gasteiger partial charge is 0.398 e. The van der Waals surface area contributed by atoms with Crippen molar-refractivity contribution in [2.75, 3.05) is 32.0 Å². The molecule has 1 saturated carbocycles. The van der Waals surface area contributed by atoms with Crippen molar-refractivity contribution in [2.24, 2.45) is 0 Å². The van der Waals surface area contributed by atoms with Crippen molar-refractivity contribution >= 4 is 16.7 Å². The highest BCUT2D eigenvalue weighted by Gasteiger charge is 2.14. The number of aromatic amines is 1. The number of nitrogen functional groups attached to an aromatic ring is 1. The maximum absolute atomic E-state index is 8.91. The smallest absolute Gasteiger partial charge is 0.139 e. The average Bonchev–Trinajstić information content (AvgIpc) is 3.26. The number of hydrogen-bond acceptors (Lipinski definition) is 6. The van der Waals surface area contributed by atoms with Crippen LogP contribution in [0, 0.1) is 0 Å². The van der Waals surface area contributed by atoms with Gasteiger partial charge in [-0.2, -0.15) is 0 Å². The van der Waals surface area contributed by atoms with E-state index in [4.69, 9.17) is 15.6 Å². The molecule has 3 aromatic heterocycles. The summed E-state index contributed by atoms with van der Waals surface area (Å²) in [5.74, 6) is 0. The van der Waals surface area contributed by atoms with Crippen LogP contribution in [0.4, 0.5) is 5.69 Å². The van der Waals surface area contributed by atoms with E-state index < -0.39 is 0 Å². The van der Waals surface area contributed by atoms with Crippen molar-refractivity contribution in [3.63, 3.8) is 0 Å². The van der Waals surface area contributed by atoms with Crippen LogP contribution in [0.2, 0.25) is 0 Å². The lowest BCUT2D eigenvalue weighted by Crippen LogP contribution is -2.35. The van der Waals surface area contributed by atoms with Crippen LogP contribution in [0.3, 0.4) is 0 Å². The van der Waals surface area contributed by atoms with Crippen molar-refractivity contribution < 1.29 is 9.84 Å². The molecule has 4 N–H and O–H groups in total. The van der Waals surface area contributed by atoms with Crippen molar-refractivity contribution in [2.45, 2.75) is 64.5 Å². The summed E-state index contributed by atoms with van der Waals surface area (Å²) in [4.78, 5) is 14.9. The van der Waals surface area contributed by atoms with Gasteiger partial charge in [0.1, 0.15) is 5.65 Å². The Morgan fingerprint density at radius 1 is 1.12 bits per heavy atom. The van der Waals surface area contributed by atoms with Crippen LogP contribution in [0.5, 0.6) is 0 Å². The van der Waals surface area contributed by atoms with E-state index in [0.717, 1.165) is 86.5 Å². The van der Waals surface area contributed by atoms with Crippen molar-refractivity contribution in [1.82, 2.24) is 19.9 Å². The molecule has 4 heterocycles. The number of anilines is 1. The van der Waals surface area contributed by atoms with E-state index in [9.17, 15) is 0 Å². The van der Waals surface area contributed by atoms with Gasteiger partial charge < -0.3 is 20.6 Å². The summed E-state index contributed by atoms with van der Waals surface area (Å²) < 4.78 is 5.40. The molecule has 1 aliphatic carbocycles. The summed E-state index contributed by atoms with van der Waals surface area (Å²) in [5.41, 5.74) is 12.1. The number of aliphatic hydroxyl groups is 1. The van der Waals surface area contributed by atoms with Crippen LogP contribution in [-0.4, -0.2) is 57.4 Å². The minimum atomic E-state index is 0.0359. The normalized spacial score (nSPS) is 17.6. The molecule has 5 rings (SSSR count). The fourth-order valence-electron chi connectivity index (χ4n) is 4.53. The van der Waals surface area contributed by atoms with E-state index in [1.165, 1.54) is 30.5 Å². The van der Waals surface area contributed by atoms with Crippen LogP contribution in [0.15, 0.2) is 30.6 Å². The lowest BCUT2D eigenvalue weighted by molar-refractivity contribution is 0.0341. The lowest BCUT2D eigenvalue weighted by atomic mass is 9.98. The van der Waals surface area contributed by atoms with Crippen LogP contribution >= 0.6 is 0 Å². The number of nitrogens with zero attached hydrogens (tertiary/aromatic N) is 3. The first-order chi connectivity index (χ1) is 16.1. The maximum Gasteiger partial charge on any atom is 0.139 e. The first-order valence-corrected chi connectivity index (χ1v) is 12.3. The SMILES string of the molecule is CCCc1cc2c(N)c(-c3ccc(CN4CCOCC4)cn3)cnc2[nH]1.OC1CCCCC1. The Balaban J connectivity index is 0.000000318. The van der Waals surface area contributed by atoms with Crippen molar-refractivity contribution in [1.29, 1.82) is 0 Å². The molecule has 2 aliphatic rings. The Kier molecular flexibility index (Phi) is 8.31. The first kappa shape index (κ1) is 23.7. The van der Waals surface area contributed by atoms with E-state index in [-0.39, 0.29) is 6.10 Å². The molecule has 0 amide bonds. The Bertz CT molecular complexity index is 1010. The second kappa shape index (κ2) is 11.6. The summed E-state index contributed by atoms with van der Waals surface area (Å²) in [6.07, 6.45) is 11.8. The zero-order valence-electron chi connectivity index (χ0n) is 19.7. The van der Waals surface area contributed by atoms with Gasteiger partial charge in [-0.15, -0.1) is 0 Å². The second-order valence-electron chi connectivity index (χ2n) is 9.12. The number of nitrogens with one attached hydrogen (secondary N) is 1. The molecule has 33 heavy (non-hydrogen) atoms. The third-order valence-corrected chi connectivity index (χ3v) is 6.46. The lowest BCUT2D eigenvalue weighted by Gasteiger charge is -2.26. The standard InChI is InChI=1S/C20H25N5O.C6H12O/c1-2-3-15-10-16-19(21)17(12-23-20(16)24-15)18-5-4-14(11-22-18)13-25-6-8-26-9-7-25;7-6-4-2-1-3-5-6/h4-5,10-12H,2-3,6-9,13H2,1H3,(H3,21,23,24);6-7H,1-5H2. The number of nitrogens with two attached hydrogens (primary N) is 1. The molecule has 0 spiro atoms. The van der Waals surface area contributed by atoms with Gasteiger partial charge in [0.25, 0.3) is 0 Å². The first-order valence-electron chi connectivity index (χ1n) is 12.3. The zero-order valence-corrected chi connectivity index (χ0v) is 19.7. The molecule has 0 aromatic carbocycles. The second-order valence-corrected chi connectivity index (χ2v) is 9.12. The van der Waals surface area contributed by atoms with E-state index in [1.54, 1.807) is 0 Å². The molecule has 2 fully saturated rings. The van der Waals surface area contributed by atoms with Gasteiger partial charge in [-0.05, 0) is 37.0 Å². The molecule has 0 unspecified atom stereocenters. The molecule has 7 nitrogen and oxygen atoms in total. The van der Waals surface area contributed by atoms with Crippen molar-refractivity contribution in [3.8, 4) is 11.3 Å². The van der Waals surface area contributed by atoms with Gasteiger partial charge >= 0.3 is 0 Å². The molecule has 0 bridgehead atoms.